The van der Waals surface area contributed by atoms with Crippen molar-refractivity contribution in [3.8, 4) is 5.75 Å². The van der Waals surface area contributed by atoms with Crippen LogP contribution < -0.4 is 5.32 Å². The van der Waals surface area contributed by atoms with Gasteiger partial charge in [-0.15, -0.1) is 0 Å². The zero-order chi connectivity index (χ0) is 17.7. The van der Waals surface area contributed by atoms with Gasteiger partial charge >= 0.3 is 0 Å². The van der Waals surface area contributed by atoms with Gasteiger partial charge in [-0.25, -0.2) is 12.7 Å². The minimum atomic E-state index is -3.50. The SMILES string of the molecule is CN(C)S(=O)(=O)c1ccc(C(=O)NCCc2ccccc2O)cc1. The van der Waals surface area contributed by atoms with E-state index in [4.69, 9.17) is 0 Å². The number of carbonyl (C=O) groups excluding carboxylic acids is 1. The Bertz CT molecular complexity index is 815. The van der Waals surface area contributed by atoms with Crippen molar-refractivity contribution in [1.29, 1.82) is 0 Å². The molecule has 0 saturated carbocycles. The molecule has 1 amide bonds. The van der Waals surface area contributed by atoms with Gasteiger partial charge in [-0.3, -0.25) is 4.79 Å². The largest absolute Gasteiger partial charge is 0.508 e. The summed E-state index contributed by atoms with van der Waals surface area (Å²) in [6, 6.07) is 12.7. The Morgan fingerprint density at radius 2 is 1.71 bits per heavy atom. The Kier molecular flexibility index (Phi) is 5.58. The minimum Gasteiger partial charge on any atom is -0.508 e. The van der Waals surface area contributed by atoms with Crippen LogP contribution in [0.25, 0.3) is 0 Å². The van der Waals surface area contributed by atoms with Crippen molar-refractivity contribution >= 4 is 15.9 Å². The monoisotopic (exact) mass is 348 g/mol. The number of rotatable bonds is 6. The topological polar surface area (TPSA) is 86.7 Å². The Morgan fingerprint density at radius 1 is 1.08 bits per heavy atom. The molecule has 0 atom stereocenters. The number of phenols is 1. The highest BCUT2D eigenvalue weighted by Crippen LogP contribution is 2.16. The van der Waals surface area contributed by atoms with E-state index >= 15 is 0 Å². The van der Waals surface area contributed by atoms with Gasteiger partial charge in [0.25, 0.3) is 5.91 Å². The van der Waals surface area contributed by atoms with Crippen LogP contribution in [0.15, 0.2) is 53.4 Å². The van der Waals surface area contributed by atoms with Crippen LogP contribution in [-0.4, -0.2) is 44.4 Å². The Balaban J connectivity index is 1.97. The maximum absolute atomic E-state index is 12.1. The number of carbonyl (C=O) groups is 1. The number of nitrogens with one attached hydrogen (secondary N) is 1. The summed E-state index contributed by atoms with van der Waals surface area (Å²) in [4.78, 5) is 12.2. The molecule has 7 heteroatoms. The number of para-hydroxylation sites is 1. The highest BCUT2D eigenvalue weighted by molar-refractivity contribution is 7.89. The first-order chi connectivity index (χ1) is 11.3. The van der Waals surface area contributed by atoms with Crippen LogP contribution in [0.3, 0.4) is 0 Å². The van der Waals surface area contributed by atoms with Gasteiger partial charge in [0.2, 0.25) is 10.0 Å². The predicted octanol–water partition coefficient (Wildman–Crippen LogP) is 1.61. The molecule has 2 rings (SSSR count). The first-order valence-corrected chi connectivity index (χ1v) is 8.84. The molecular weight excluding hydrogens is 328 g/mol. The van der Waals surface area contributed by atoms with Crippen LogP contribution in [0.5, 0.6) is 5.75 Å². The van der Waals surface area contributed by atoms with E-state index < -0.39 is 10.0 Å². The van der Waals surface area contributed by atoms with Crippen LogP contribution in [0.1, 0.15) is 15.9 Å². The molecule has 0 aliphatic rings. The van der Waals surface area contributed by atoms with Crippen LogP contribution in [-0.2, 0) is 16.4 Å². The van der Waals surface area contributed by atoms with E-state index in [9.17, 15) is 18.3 Å². The fourth-order valence-corrected chi connectivity index (χ4v) is 3.03. The molecule has 0 spiro atoms. The number of hydrogen-bond acceptors (Lipinski definition) is 4. The summed E-state index contributed by atoms with van der Waals surface area (Å²) in [6.45, 7) is 0.369. The molecule has 0 unspecified atom stereocenters. The molecule has 24 heavy (non-hydrogen) atoms. The lowest BCUT2D eigenvalue weighted by atomic mass is 10.1. The minimum absolute atomic E-state index is 0.137. The maximum atomic E-state index is 12.1. The number of nitrogens with zero attached hydrogens (tertiary/aromatic N) is 1. The zero-order valence-electron chi connectivity index (χ0n) is 13.6. The van der Waals surface area contributed by atoms with Crippen LogP contribution >= 0.6 is 0 Å². The molecule has 0 saturated heterocycles. The Morgan fingerprint density at radius 3 is 2.29 bits per heavy atom. The molecule has 128 valence electrons. The van der Waals surface area contributed by atoms with Crippen molar-refractivity contribution in [3.05, 3.63) is 59.7 Å². The first-order valence-electron chi connectivity index (χ1n) is 7.40. The van der Waals surface area contributed by atoms with Crippen LogP contribution in [0.4, 0.5) is 0 Å². The molecule has 0 aromatic heterocycles. The Labute approximate surface area is 141 Å². The summed E-state index contributed by atoms with van der Waals surface area (Å²) >= 11 is 0. The van der Waals surface area contributed by atoms with Crippen molar-refractivity contribution in [2.45, 2.75) is 11.3 Å². The molecule has 2 aromatic carbocycles. The predicted molar refractivity (Wildman–Crippen MR) is 91.5 cm³/mol. The molecule has 0 aliphatic carbocycles. The summed E-state index contributed by atoms with van der Waals surface area (Å²) in [5.74, 6) is -0.0933. The van der Waals surface area contributed by atoms with Crippen molar-refractivity contribution in [3.63, 3.8) is 0 Å². The van der Waals surface area contributed by atoms with Crippen molar-refractivity contribution < 1.29 is 18.3 Å². The summed E-state index contributed by atoms with van der Waals surface area (Å²) < 4.78 is 25.1. The summed E-state index contributed by atoms with van der Waals surface area (Å²) in [5.41, 5.74) is 1.13. The molecule has 0 heterocycles. The average Bonchev–Trinajstić information content (AvgIpc) is 2.56. The summed E-state index contributed by atoms with van der Waals surface area (Å²) in [7, 11) is -0.597. The summed E-state index contributed by atoms with van der Waals surface area (Å²) in [6.07, 6.45) is 0.505. The summed E-state index contributed by atoms with van der Waals surface area (Å²) in [5, 5.41) is 12.4. The quantitative estimate of drug-likeness (QED) is 0.830. The second kappa shape index (κ2) is 7.46. The molecule has 2 N–H and O–H groups in total. The third kappa shape index (κ3) is 4.12. The lowest BCUT2D eigenvalue weighted by molar-refractivity contribution is 0.0954. The smallest absolute Gasteiger partial charge is 0.251 e. The number of phenolic OH excluding ortho intramolecular Hbond substituents is 1. The fourth-order valence-electron chi connectivity index (χ4n) is 2.12. The van der Waals surface area contributed by atoms with E-state index in [-0.39, 0.29) is 16.6 Å². The van der Waals surface area contributed by atoms with Gasteiger partial charge in [0.1, 0.15) is 5.75 Å². The second-order valence-electron chi connectivity index (χ2n) is 5.45. The zero-order valence-corrected chi connectivity index (χ0v) is 14.4. The fraction of sp³-hybridized carbons (Fsp3) is 0.235. The standard InChI is InChI=1S/C17H20N2O4S/c1-19(2)24(22,23)15-9-7-14(8-10-15)17(21)18-12-11-13-5-3-4-6-16(13)20/h3-10,20H,11-12H2,1-2H3,(H,18,21). The van der Waals surface area contributed by atoms with E-state index in [1.54, 1.807) is 18.2 Å². The highest BCUT2D eigenvalue weighted by atomic mass is 32.2. The van der Waals surface area contributed by atoms with E-state index in [0.29, 0.717) is 18.5 Å². The number of sulfonamides is 1. The van der Waals surface area contributed by atoms with Crippen molar-refractivity contribution in [2.75, 3.05) is 20.6 Å². The Hall–Kier alpha value is -2.38. The molecule has 0 bridgehead atoms. The number of amides is 1. The lowest BCUT2D eigenvalue weighted by Crippen LogP contribution is -2.26. The molecule has 6 nitrogen and oxygen atoms in total. The van der Waals surface area contributed by atoms with Gasteiger partial charge in [0.05, 0.1) is 4.90 Å². The van der Waals surface area contributed by atoms with E-state index in [0.717, 1.165) is 9.87 Å². The van der Waals surface area contributed by atoms with E-state index in [1.807, 2.05) is 6.07 Å². The van der Waals surface area contributed by atoms with Crippen LogP contribution in [0, 0.1) is 0 Å². The number of hydrogen-bond donors (Lipinski definition) is 2. The maximum Gasteiger partial charge on any atom is 0.251 e. The van der Waals surface area contributed by atoms with E-state index in [1.165, 1.54) is 38.4 Å². The number of benzene rings is 2. The van der Waals surface area contributed by atoms with Gasteiger partial charge in [-0.2, -0.15) is 0 Å². The molecule has 2 aromatic rings. The van der Waals surface area contributed by atoms with Gasteiger partial charge in [0.15, 0.2) is 0 Å². The van der Waals surface area contributed by atoms with Gasteiger partial charge in [0, 0.05) is 26.2 Å². The molecular formula is C17H20N2O4S. The highest BCUT2D eigenvalue weighted by Gasteiger charge is 2.17. The normalized spacial score (nSPS) is 11.5. The van der Waals surface area contributed by atoms with Gasteiger partial charge < -0.3 is 10.4 Å². The third-order valence-corrected chi connectivity index (χ3v) is 5.40. The molecule has 0 fully saturated rings. The first kappa shape index (κ1) is 18.0. The average molecular weight is 348 g/mol. The van der Waals surface area contributed by atoms with Gasteiger partial charge in [-0.05, 0) is 42.3 Å². The lowest BCUT2D eigenvalue weighted by Gasteiger charge is -2.11. The third-order valence-electron chi connectivity index (χ3n) is 3.57. The molecule has 0 radical (unpaired) electrons. The molecule has 0 aliphatic heterocycles. The van der Waals surface area contributed by atoms with Crippen molar-refractivity contribution in [2.24, 2.45) is 0 Å². The van der Waals surface area contributed by atoms with Crippen molar-refractivity contribution in [1.82, 2.24) is 9.62 Å². The second-order valence-corrected chi connectivity index (χ2v) is 7.60. The number of aromatic hydroxyl groups is 1. The van der Waals surface area contributed by atoms with Gasteiger partial charge in [-0.1, -0.05) is 18.2 Å². The van der Waals surface area contributed by atoms with Crippen LogP contribution in [0.2, 0.25) is 0 Å². The van der Waals surface area contributed by atoms with E-state index in [2.05, 4.69) is 5.32 Å².